The fourth-order valence-electron chi connectivity index (χ4n) is 6.45. The number of aromatic nitrogens is 1. The van der Waals surface area contributed by atoms with Gasteiger partial charge in [0.15, 0.2) is 0 Å². The second kappa shape index (κ2) is 13.3. The highest BCUT2D eigenvalue weighted by atomic mass is 19.4. The fourth-order valence-corrected chi connectivity index (χ4v) is 6.45. The zero-order valence-corrected chi connectivity index (χ0v) is 25.4. The van der Waals surface area contributed by atoms with Crippen molar-refractivity contribution >= 4 is 18.0 Å². The van der Waals surface area contributed by atoms with Crippen LogP contribution in [0.25, 0.3) is 22.3 Å². The zero-order chi connectivity index (χ0) is 31.4. The number of nitrogens with zero attached hydrogens (tertiary/aromatic N) is 3. The van der Waals surface area contributed by atoms with E-state index in [2.05, 4.69) is 15.2 Å². The minimum Gasteiger partial charge on any atom is -0.475 e. The second-order valence-electron chi connectivity index (χ2n) is 11.7. The molecule has 3 aromatic rings. The first-order valence-corrected chi connectivity index (χ1v) is 15.3. The highest BCUT2D eigenvalue weighted by Crippen LogP contribution is 2.54. The molecular weight excluding hydrogens is 569 g/mol. The molecule has 0 radical (unpaired) electrons. The molecule has 0 saturated carbocycles. The van der Waals surface area contributed by atoms with E-state index >= 15 is 0 Å². The molecule has 10 heteroatoms. The lowest BCUT2D eigenvalue weighted by atomic mass is 9.88. The average Bonchev–Trinajstić information content (AvgIpc) is 3.33. The lowest BCUT2D eigenvalue weighted by Gasteiger charge is -2.40. The number of rotatable bonds is 11. The Morgan fingerprint density at radius 3 is 2.57 bits per heavy atom. The molecule has 2 aromatic carbocycles. The Balaban J connectivity index is 1.78. The Morgan fingerprint density at radius 2 is 1.84 bits per heavy atom. The minimum atomic E-state index is -4.54. The van der Waals surface area contributed by atoms with E-state index in [4.69, 9.17) is 4.74 Å². The highest BCUT2D eigenvalue weighted by Gasteiger charge is 2.43. The third kappa shape index (κ3) is 6.39. The molecule has 2 aliphatic rings. The number of anilines is 1. The first-order valence-electron chi connectivity index (χ1n) is 15.3. The number of hydrogen-bond donors (Lipinski definition) is 1. The number of unbranched alkanes of at least 4 members (excludes halogenated alkanes) is 1. The Labute approximate surface area is 256 Å². The second-order valence-corrected chi connectivity index (χ2v) is 11.7. The molecule has 2 atom stereocenters. The van der Waals surface area contributed by atoms with E-state index in [1.165, 1.54) is 0 Å². The minimum absolute atomic E-state index is 0.00584. The normalized spacial score (nSPS) is 17.7. The maximum absolute atomic E-state index is 14.5. The Bertz CT molecular complexity index is 1490. The summed E-state index contributed by atoms with van der Waals surface area (Å²) in [5.74, 6) is -1.12. The molecule has 0 bridgehead atoms. The number of halogens is 3. The number of carbonyl (C=O) groups is 2. The first kappa shape index (κ1) is 31.3. The van der Waals surface area contributed by atoms with Crippen molar-refractivity contribution < 1.29 is 27.5 Å². The summed E-state index contributed by atoms with van der Waals surface area (Å²) in [6, 6.07) is 15.1. The summed E-state index contributed by atoms with van der Waals surface area (Å²) in [4.78, 5) is 33.8. The molecule has 1 aliphatic heterocycles. The van der Waals surface area contributed by atoms with Crippen molar-refractivity contribution in [2.45, 2.75) is 77.2 Å². The summed E-state index contributed by atoms with van der Waals surface area (Å²) in [5.41, 5.74) is 5.10. The SMILES string of the molecule is CCCCN(CC(F)(F)F)C(=O)C1c2ccccc2-c2ccc(-c3cccnc3OC(C)C)c(N3CCCCC3NC=O)c21. The zero-order valence-electron chi connectivity index (χ0n) is 25.4. The number of pyridine rings is 1. The van der Waals surface area contributed by atoms with Crippen LogP contribution in [-0.2, 0) is 9.59 Å². The van der Waals surface area contributed by atoms with Gasteiger partial charge in [-0.2, -0.15) is 13.2 Å². The van der Waals surface area contributed by atoms with Gasteiger partial charge in [-0.1, -0.05) is 49.7 Å². The maximum Gasteiger partial charge on any atom is 0.406 e. The van der Waals surface area contributed by atoms with Crippen LogP contribution in [0.1, 0.15) is 69.9 Å². The molecule has 234 valence electrons. The van der Waals surface area contributed by atoms with Gasteiger partial charge in [-0.25, -0.2) is 4.98 Å². The van der Waals surface area contributed by atoms with Gasteiger partial charge in [-0.05, 0) is 68.4 Å². The number of benzene rings is 2. The number of carbonyl (C=O) groups excluding carboxylic acids is 2. The molecule has 2 heterocycles. The van der Waals surface area contributed by atoms with E-state index in [0.717, 1.165) is 34.4 Å². The van der Waals surface area contributed by atoms with Crippen molar-refractivity contribution in [1.82, 2.24) is 15.2 Å². The summed E-state index contributed by atoms with van der Waals surface area (Å²) in [7, 11) is 0. The average molecular weight is 609 g/mol. The van der Waals surface area contributed by atoms with Gasteiger partial charge in [0.05, 0.1) is 17.7 Å². The van der Waals surface area contributed by atoms with Crippen LogP contribution >= 0.6 is 0 Å². The van der Waals surface area contributed by atoms with Crippen LogP contribution in [0.5, 0.6) is 5.88 Å². The van der Waals surface area contributed by atoms with Crippen LogP contribution in [0.2, 0.25) is 0 Å². The Kier molecular flexibility index (Phi) is 9.46. The lowest BCUT2D eigenvalue weighted by Crippen LogP contribution is -2.49. The van der Waals surface area contributed by atoms with Gasteiger partial charge in [-0.3, -0.25) is 9.59 Å². The van der Waals surface area contributed by atoms with Crippen molar-refractivity contribution in [3.05, 3.63) is 65.9 Å². The van der Waals surface area contributed by atoms with E-state index in [-0.39, 0.29) is 18.8 Å². The number of hydrogen-bond acceptors (Lipinski definition) is 5. The van der Waals surface area contributed by atoms with Gasteiger partial charge >= 0.3 is 6.18 Å². The molecule has 1 saturated heterocycles. The molecule has 0 spiro atoms. The quantitative estimate of drug-likeness (QED) is 0.240. The molecule has 1 aliphatic carbocycles. The Morgan fingerprint density at radius 1 is 1.09 bits per heavy atom. The van der Waals surface area contributed by atoms with E-state index in [1.54, 1.807) is 6.20 Å². The van der Waals surface area contributed by atoms with E-state index in [0.29, 0.717) is 60.5 Å². The highest BCUT2D eigenvalue weighted by molar-refractivity contribution is 6.02. The monoisotopic (exact) mass is 608 g/mol. The number of ether oxygens (including phenoxy) is 1. The smallest absolute Gasteiger partial charge is 0.406 e. The third-order valence-electron chi connectivity index (χ3n) is 8.24. The molecule has 44 heavy (non-hydrogen) atoms. The number of piperidine rings is 1. The van der Waals surface area contributed by atoms with Gasteiger partial charge in [0.25, 0.3) is 0 Å². The third-order valence-corrected chi connectivity index (χ3v) is 8.24. The largest absolute Gasteiger partial charge is 0.475 e. The van der Waals surface area contributed by atoms with Crippen molar-refractivity contribution in [2.24, 2.45) is 0 Å². The molecule has 1 aromatic heterocycles. The van der Waals surface area contributed by atoms with E-state index in [1.807, 2.05) is 69.3 Å². The molecule has 5 rings (SSSR count). The number of amides is 2. The fraction of sp³-hybridized carbons (Fsp3) is 0.441. The molecule has 1 N–H and O–H groups in total. The molecule has 7 nitrogen and oxygen atoms in total. The van der Waals surface area contributed by atoms with Gasteiger partial charge in [0.1, 0.15) is 12.7 Å². The van der Waals surface area contributed by atoms with Crippen LogP contribution in [0, 0.1) is 0 Å². The molecule has 2 unspecified atom stereocenters. The van der Waals surface area contributed by atoms with Gasteiger partial charge in [0.2, 0.25) is 18.2 Å². The predicted molar refractivity (Wildman–Crippen MR) is 164 cm³/mol. The Hall–Kier alpha value is -4.08. The van der Waals surface area contributed by atoms with Crippen LogP contribution in [0.15, 0.2) is 54.7 Å². The van der Waals surface area contributed by atoms with E-state index < -0.39 is 24.5 Å². The number of alkyl halides is 3. The maximum atomic E-state index is 14.5. The van der Waals surface area contributed by atoms with Crippen LogP contribution < -0.4 is 15.0 Å². The van der Waals surface area contributed by atoms with Crippen molar-refractivity contribution in [1.29, 1.82) is 0 Å². The molecule has 1 fully saturated rings. The van der Waals surface area contributed by atoms with Crippen molar-refractivity contribution in [3.8, 4) is 28.1 Å². The molecular formula is C34H39F3N4O3. The van der Waals surface area contributed by atoms with Crippen LogP contribution in [-0.4, -0.2) is 60.3 Å². The summed E-state index contributed by atoms with van der Waals surface area (Å²) in [6.07, 6.45) is 0.822. The summed E-state index contributed by atoms with van der Waals surface area (Å²) in [6.45, 7) is 4.99. The topological polar surface area (TPSA) is 74.8 Å². The summed E-state index contributed by atoms with van der Waals surface area (Å²) in [5, 5.41) is 2.95. The molecule has 2 amide bonds. The number of nitrogens with one attached hydrogen (secondary N) is 1. The first-order chi connectivity index (χ1) is 21.1. The predicted octanol–water partition coefficient (Wildman–Crippen LogP) is 6.90. The standard InChI is InChI=1S/C34H39F3N4O3/c1-4-5-18-40(20-34(35,36)37)33(43)30-24-12-7-6-11-23(24)25-15-16-26(27-13-10-17-38-32(27)44-22(2)3)31(29(25)30)41-19-9-8-14-28(41)39-21-42/h6-7,10-13,15-17,21-22,28,30H,4-5,8-9,14,18-20H2,1-3H3,(H,39,42). The summed E-state index contributed by atoms with van der Waals surface area (Å²) < 4.78 is 47.7. The van der Waals surface area contributed by atoms with Gasteiger partial charge < -0.3 is 19.9 Å². The summed E-state index contributed by atoms with van der Waals surface area (Å²) >= 11 is 0. The number of fused-ring (bicyclic) bond motifs is 3. The van der Waals surface area contributed by atoms with Crippen LogP contribution in [0.3, 0.4) is 0 Å². The van der Waals surface area contributed by atoms with Crippen molar-refractivity contribution in [2.75, 3.05) is 24.5 Å². The van der Waals surface area contributed by atoms with Gasteiger partial charge in [0, 0.05) is 36.0 Å². The van der Waals surface area contributed by atoms with Crippen molar-refractivity contribution in [3.63, 3.8) is 0 Å². The van der Waals surface area contributed by atoms with E-state index in [9.17, 15) is 22.8 Å². The van der Waals surface area contributed by atoms with Gasteiger partial charge in [-0.15, -0.1) is 0 Å². The lowest BCUT2D eigenvalue weighted by molar-refractivity contribution is -0.161. The van der Waals surface area contributed by atoms with Crippen LogP contribution in [0.4, 0.5) is 18.9 Å².